The lowest BCUT2D eigenvalue weighted by atomic mass is 10.2. The highest BCUT2D eigenvalue weighted by Crippen LogP contribution is 2.31. The van der Waals surface area contributed by atoms with Crippen molar-refractivity contribution < 1.29 is 4.79 Å². The van der Waals surface area contributed by atoms with Crippen molar-refractivity contribution in [2.45, 2.75) is 6.54 Å². The number of aromatic nitrogens is 3. The van der Waals surface area contributed by atoms with Gasteiger partial charge in [0.15, 0.2) is 5.65 Å². The number of para-hydroxylation sites is 2. The first-order chi connectivity index (χ1) is 15.7. The average Bonchev–Trinajstić information content (AvgIpc) is 3.09. The van der Waals surface area contributed by atoms with Crippen LogP contribution < -0.4 is 5.32 Å². The van der Waals surface area contributed by atoms with Crippen molar-refractivity contribution in [3.05, 3.63) is 100 Å². The van der Waals surface area contributed by atoms with Gasteiger partial charge >= 0.3 is 0 Å². The number of rotatable bonds is 4. The van der Waals surface area contributed by atoms with Crippen LogP contribution in [0.25, 0.3) is 22.2 Å². The number of amides is 1. The number of fused-ring (bicyclic) bond motifs is 2. The van der Waals surface area contributed by atoms with E-state index in [0.29, 0.717) is 39.1 Å². The highest BCUT2D eigenvalue weighted by molar-refractivity contribution is 9.10. The number of carbonyl (C=O) groups excluding carboxylic acids is 1. The molecule has 0 aliphatic rings. The molecule has 1 amide bonds. The molecule has 0 spiro atoms. The fraction of sp³-hybridized carbons (Fsp3) is 0.0400. The van der Waals surface area contributed by atoms with E-state index in [4.69, 9.17) is 9.97 Å². The molecule has 0 radical (unpaired) electrons. The molecule has 154 valence electrons. The molecule has 0 bridgehead atoms. The van der Waals surface area contributed by atoms with E-state index < -0.39 is 0 Å². The number of carbonyl (C=O) groups is 1. The summed E-state index contributed by atoms with van der Waals surface area (Å²) in [5, 5.41) is 13.0. The fourth-order valence-electron chi connectivity index (χ4n) is 3.68. The van der Waals surface area contributed by atoms with Crippen LogP contribution in [0, 0.1) is 11.3 Å². The highest BCUT2D eigenvalue weighted by atomic mass is 79.9. The Bertz CT molecular complexity index is 1520. The zero-order valence-electron chi connectivity index (χ0n) is 16.8. The Labute approximate surface area is 192 Å². The number of hydrogen-bond acceptors (Lipinski definition) is 4. The first-order valence-corrected chi connectivity index (χ1v) is 10.7. The quantitative estimate of drug-likeness (QED) is 0.366. The Kier molecular flexibility index (Phi) is 5.13. The van der Waals surface area contributed by atoms with Gasteiger partial charge in [0.25, 0.3) is 5.91 Å². The van der Waals surface area contributed by atoms with Crippen molar-refractivity contribution in [2.75, 3.05) is 5.32 Å². The second-order valence-electron chi connectivity index (χ2n) is 7.23. The molecule has 1 N–H and O–H groups in total. The van der Waals surface area contributed by atoms with Gasteiger partial charge in [0.2, 0.25) is 0 Å². The van der Waals surface area contributed by atoms with E-state index in [2.05, 4.69) is 27.3 Å². The predicted octanol–water partition coefficient (Wildman–Crippen LogP) is 5.52. The summed E-state index contributed by atoms with van der Waals surface area (Å²) in [6.45, 7) is 0.428. The molecule has 32 heavy (non-hydrogen) atoms. The molecular formula is C25H16BrN5O. The summed E-state index contributed by atoms with van der Waals surface area (Å²) in [4.78, 5) is 22.6. The van der Waals surface area contributed by atoms with Gasteiger partial charge in [-0.15, -0.1) is 0 Å². The van der Waals surface area contributed by atoms with Gasteiger partial charge in [-0.2, -0.15) is 5.26 Å². The molecule has 6 nitrogen and oxygen atoms in total. The highest BCUT2D eigenvalue weighted by Gasteiger charge is 2.23. The number of benzene rings is 3. The van der Waals surface area contributed by atoms with Gasteiger partial charge in [-0.1, -0.05) is 54.6 Å². The second-order valence-corrected chi connectivity index (χ2v) is 8.08. The van der Waals surface area contributed by atoms with Crippen molar-refractivity contribution in [3.8, 4) is 6.07 Å². The molecule has 7 heteroatoms. The van der Waals surface area contributed by atoms with Gasteiger partial charge in [0, 0.05) is 4.47 Å². The number of nitrogens with one attached hydrogen (secondary N) is 1. The lowest BCUT2D eigenvalue weighted by Crippen LogP contribution is -2.17. The molecule has 0 aliphatic carbocycles. The summed E-state index contributed by atoms with van der Waals surface area (Å²) in [6, 6.07) is 26.7. The average molecular weight is 482 g/mol. The van der Waals surface area contributed by atoms with E-state index in [0.717, 1.165) is 11.1 Å². The van der Waals surface area contributed by atoms with E-state index in [1.54, 1.807) is 18.2 Å². The monoisotopic (exact) mass is 481 g/mol. The molecule has 2 heterocycles. The third-order valence-electron chi connectivity index (χ3n) is 5.20. The molecule has 3 aromatic carbocycles. The fourth-order valence-corrected chi connectivity index (χ4v) is 4.14. The Hall–Kier alpha value is -4.02. The summed E-state index contributed by atoms with van der Waals surface area (Å²) in [6.07, 6.45) is 0. The summed E-state index contributed by atoms with van der Waals surface area (Å²) in [7, 11) is 0. The van der Waals surface area contributed by atoms with Crippen LogP contribution >= 0.6 is 15.9 Å². The van der Waals surface area contributed by atoms with Crippen molar-refractivity contribution >= 4 is 49.9 Å². The van der Waals surface area contributed by atoms with Crippen LogP contribution in [0.4, 0.5) is 5.82 Å². The SMILES string of the molecule is N#Cc1c(NC(=O)c2ccccc2Br)n(Cc2ccccc2)c2nc3ccccc3nc12. The first-order valence-electron chi connectivity index (χ1n) is 9.94. The second kappa shape index (κ2) is 8.25. The Morgan fingerprint density at radius 3 is 2.31 bits per heavy atom. The maximum absolute atomic E-state index is 13.1. The van der Waals surface area contributed by atoms with Crippen LogP contribution in [0.3, 0.4) is 0 Å². The van der Waals surface area contributed by atoms with Gasteiger partial charge in [0.05, 0.1) is 23.1 Å². The summed E-state index contributed by atoms with van der Waals surface area (Å²) < 4.78 is 2.51. The zero-order chi connectivity index (χ0) is 22.1. The Balaban J connectivity index is 1.73. The van der Waals surface area contributed by atoms with Crippen LogP contribution in [-0.4, -0.2) is 20.4 Å². The molecule has 5 aromatic rings. The van der Waals surface area contributed by atoms with E-state index in [1.165, 1.54) is 0 Å². The topological polar surface area (TPSA) is 83.6 Å². The van der Waals surface area contributed by atoms with E-state index in [-0.39, 0.29) is 11.5 Å². The first kappa shape index (κ1) is 19.9. The summed E-state index contributed by atoms with van der Waals surface area (Å²) in [5.41, 5.74) is 4.20. The van der Waals surface area contributed by atoms with Crippen molar-refractivity contribution in [1.82, 2.24) is 14.5 Å². The molecule has 0 atom stereocenters. The lowest BCUT2D eigenvalue weighted by molar-refractivity contribution is 0.102. The third-order valence-corrected chi connectivity index (χ3v) is 5.89. The summed E-state index contributed by atoms with van der Waals surface area (Å²) in [5.74, 6) is 0.0538. The van der Waals surface area contributed by atoms with Crippen LogP contribution in [0.1, 0.15) is 21.5 Å². The number of halogens is 1. The summed E-state index contributed by atoms with van der Waals surface area (Å²) >= 11 is 3.42. The maximum atomic E-state index is 13.1. The van der Waals surface area contributed by atoms with E-state index in [9.17, 15) is 10.1 Å². The van der Waals surface area contributed by atoms with E-state index in [1.807, 2.05) is 65.2 Å². The zero-order valence-corrected chi connectivity index (χ0v) is 18.4. The molecule has 0 saturated carbocycles. The molecule has 0 fully saturated rings. The number of anilines is 1. The molecular weight excluding hydrogens is 466 g/mol. The van der Waals surface area contributed by atoms with Crippen molar-refractivity contribution in [3.63, 3.8) is 0 Å². The molecule has 0 saturated heterocycles. The van der Waals surface area contributed by atoms with Crippen LogP contribution in [0.5, 0.6) is 0 Å². The molecule has 0 aliphatic heterocycles. The smallest absolute Gasteiger partial charge is 0.257 e. The number of hydrogen-bond donors (Lipinski definition) is 1. The minimum Gasteiger partial charge on any atom is -0.307 e. The maximum Gasteiger partial charge on any atom is 0.257 e. The van der Waals surface area contributed by atoms with Gasteiger partial charge in [0.1, 0.15) is 23.0 Å². The standard InChI is InChI=1S/C25H16BrN5O/c26-19-11-5-4-10-17(19)25(32)30-23-18(14-27)22-24(29-21-13-7-6-12-20(21)28-22)31(23)15-16-8-2-1-3-9-16/h1-13H,15H2,(H,30,32). The third kappa shape index (κ3) is 3.51. The van der Waals surface area contributed by atoms with Gasteiger partial charge in [-0.3, -0.25) is 4.79 Å². The van der Waals surface area contributed by atoms with Crippen LogP contribution in [0.15, 0.2) is 83.3 Å². The van der Waals surface area contributed by atoms with Crippen molar-refractivity contribution in [2.24, 2.45) is 0 Å². The van der Waals surface area contributed by atoms with Crippen molar-refractivity contribution in [1.29, 1.82) is 5.26 Å². The predicted molar refractivity (Wildman–Crippen MR) is 127 cm³/mol. The largest absolute Gasteiger partial charge is 0.307 e. The Morgan fingerprint density at radius 2 is 1.59 bits per heavy atom. The molecule has 2 aromatic heterocycles. The number of nitrogens with zero attached hydrogens (tertiary/aromatic N) is 4. The van der Waals surface area contributed by atoms with Gasteiger partial charge in [-0.05, 0) is 45.8 Å². The molecule has 5 rings (SSSR count). The lowest BCUT2D eigenvalue weighted by Gasteiger charge is -2.12. The van der Waals surface area contributed by atoms with Gasteiger partial charge < -0.3 is 9.88 Å². The Morgan fingerprint density at radius 1 is 0.938 bits per heavy atom. The minimum absolute atomic E-state index is 0.287. The van der Waals surface area contributed by atoms with Crippen LogP contribution in [0.2, 0.25) is 0 Å². The van der Waals surface area contributed by atoms with E-state index >= 15 is 0 Å². The number of nitriles is 1. The minimum atomic E-state index is -0.323. The normalized spacial score (nSPS) is 10.9. The van der Waals surface area contributed by atoms with Crippen LogP contribution in [-0.2, 0) is 6.54 Å². The van der Waals surface area contributed by atoms with Gasteiger partial charge in [-0.25, -0.2) is 9.97 Å². The molecule has 0 unspecified atom stereocenters.